The predicted molar refractivity (Wildman–Crippen MR) is 163 cm³/mol. The lowest BCUT2D eigenvalue weighted by molar-refractivity contribution is -0.0564. The highest BCUT2D eigenvalue weighted by Crippen LogP contribution is 2.50. The molecule has 1 saturated carbocycles. The summed E-state index contributed by atoms with van der Waals surface area (Å²) < 4.78 is 27.4. The maximum absolute atomic E-state index is 15.2. The highest BCUT2D eigenvalue weighted by Gasteiger charge is 2.30. The first kappa shape index (κ1) is 32.2. The van der Waals surface area contributed by atoms with E-state index in [0.717, 1.165) is 25.9 Å². The Balaban J connectivity index is 1.25. The number of hydrogen-bond donors (Lipinski definition) is 6. The van der Waals surface area contributed by atoms with E-state index in [2.05, 4.69) is 10.6 Å². The van der Waals surface area contributed by atoms with Crippen LogP contribution in [0.25, 0.3) is 10.9 Å². The molecule has 3 aromatic rings. The molecule has 236 valence electrons. The summed E-state index contributed by atoms with van der Waals surface area (Å²) in [4.78, 5) is 78.2. The molecule has 1 atom stereocenters. The summed E-state index contributed by atoms with van der Waals surface area (Å²) in [5, 5.41) is 4.66. The van der Waals surface area contributed by atoms with Crippen molar-refractivity contribution in [1.29, 1.82) is 0 Å². The average Bonchev–Trinajstić information content (AvgIpc) is 3.82. The fraction of sp³-hybridized carbons (Fsp3) is 0.393. The third-order valence-corrected chi connectivity index (χ3v) is 10.1. The van der Waals surface area contributed by atoms with Crippen molar-refractivity contribution in [2.24, 2.45) is 0 Å². The van der Waals surface area contributed by atoms with Gasteiger partial charge in [0.25, 0.3) is 0 Å². The van der Waals surface area contributed by atoms with Crippen molar-refractivity contribution < 1.29 is 43.0 Å². The van der Waals surface area contributed by atoms with Crippen molar-refractivity contribution in [1.82, 2.24) is 9.88 Å². The third kappa shape index (κ3) is 7.52. The topological polar surface area (TPSA) is 183 Å². The molecule has 1 saturated heterocycles. The minimum atomic E-state index is -2.55. The van der Waals surface area contributed by atoms with Crippen LogP contribution in [0.15, 0.2) is 47.4 Å². The molecular weight excluding hydrogens is 617 g/mol. The number of nitrogens with one attached hydrogen (secondary N) is 2. The molecule has 1 unspecified atom stereocenters. The lowest BCUT2D eigenvalue weighted by Gasteiger charge is -2.30. The number of nitrogens with zero attached hydrogens (tertiary/aromatic N) is 2. The molecule has 1 aliphatic carbocycles. The van der Waals surface area contributed by atoms with Gasteiger partial charge >= 0.3 is 12.1 Å². The molecule has 44 heavy (non-hydrogen) atoms. The molecule has 16 heteroatoms. The van der Waals surface area contributed by atoms with E-state index >= 15 is 4.39 Å². The fourth-order valence-corrected chi connectivity index (χ4v) is 6.52. The minimum absolute atomic E-state index is 0.0102. The van der Waals surface area contributed by atoms with Crippen LogP contribution in [0, 0.1) is 5.82 Å². The molecule has 1 aliphatic heterocycles. The first-order valence-corrected chi connectivity index (χ1v) is 16.6. The van der Waals surface area contributed by atoms with Gasteiger partial charge in [-0.2, -0.15) is 0 Å². The van der Waals surface area contributed by atoms with E-state index in [1.807, 2.05) is 9.47 Å². The van der Waals surface area contributed by atoms with Gasteiger partial charge in [0.2, 0.25) is 11.7 Å². The van der Waals surface area contributed by atoms with Gasteiger partial charge in [0.15, 0.2) is 16.8 Å². The average molecular weight is 651 g/mol. The van der Waals surface area contributed by atoms with Crippen LogP contribution >= 0.6 is 16.8 Å². The maximum Gasteiger partial charge on any atom is 0.414 e. The Morgan fingerprint density at radius 1 is 1.07 bits per heavy atom. The quantitative estimate of drug-likeness (QED) is 0.108. The standard InChI is InChI=1S/C28H33FN4O9P2/c1-16(42-28(36)31-18-4-2-17(3-5-18)12-25(43(37)38)44(39)40)41-27(35)21-15-33(19-6-7-19)23-14-24(32-10-8-30-9-11-32)22(29)13-20(23)26(21)34/h2-5,13-16,19,25,30,37-40H,6-12H2,1H3,(H,31,36). The molecule has 2 fully saturated rings. The van der Waals surface area contributed by atoms with Crippen LogP contribution in [0.2, 0.25) is 0 Å². The van der Waals surface area contributed by atoms with Crippen molar-refractivity contribution in [3.8, 4) is 0 Å². The number of amides is 1. The number of fused-ring (bicyclic) bond motifs is 1. The predicted octanol–water partition coefficient (Wildman–Crippen LogP) is 3.10. The third-order valence-electron chi connectivity index (χ3n) is 7.42. The molecule has 6 N–H and O–H groups in total. The summed E-state index contributed by atoms with van der Waals surface area (Å²) in [6.07, 6.45) is 0.814. The van der Waals surface area contributed by atoms with Gasteiger partial charge in [-0.3, -0.25) is 10.1 Å². The number of anilines is 2. The first-order valence-electron chi connectivity index (χ1n) is 14.0. The summed E-state index contributed by atoms with van der Waals surface area (Å²) in [6, 6.07) is 9.02. The molecule has 2 heterocycles. The Morgan fingerprint density at radius 3 is 2.34 bits per heavy atom. The number of halogens is 1. The zero-order chi connectivity index (χ0) is 31.5. The molecule has 2 aliphatic rings. The molecule has 0 radical (unpaired) electrons. The minimum Gasteiger partial charge on any atom is -0.422 e. The highest BCUT2D eigenvalue weighted by molar-refractivity contribution is 7.64. The molecule has 1 aromatic heterocycles. The number of aromatic nitrogens is 1. The summed E-state index contributed by atoms with van der Waals surface area (Å²) in [5.41, 5.74) is 0.850. The zero-order valence-electron chi connectivity index (χ0n) is 23.7. The van der Waals surface area contributed by atoms with Gasteiger partial charge in [-0.25, -0.2) is 14.0 Å². The lowest BCUT2D eigenvalue weighted by atomic mass is 10.1. The van der Waals surface area contributed by atoms with Crippen molar-refractivity contribution in [3.05, 3.63) is 69.8 Å². The van der Waals surface area contributed by atoms with Crippen molar-refractivity contribution in [2.75, 3.05) is 36.4 Å². The summed E-state index contributed by atoms with van der Waals surface area (Å²) in [7, 11) is -5.09. The second-order valence-corrected chi connectivity index (χ2v) is 13.5. The van der Waals surface area contributed by atoms with E-state index < -0.39 is 51.7 Å². The van der Waals surface area contributed by atoms with E-state index in [0.29, 0.717) is 35.5 Å². The molecule has 0 spiro atoms. The number of esters is 1. The van der Waals surface area contributed by atoms with Gasteiger partial charge in [0, 0.05) is 56.4 Å². The monoisotopic (exact) mass is 650 g/mol. The molecule has 13 nitrogen and oxygen atoms in total. The smallest absolute Gasteiger partial charge is 0.414 e. The number of rotatable bonds is 10. The second-order valence-electron chi connectivity index (χ2n) is 10.6. The molecule has 0 bridgehead atoms. The van der Waals surface area contributed by atoms with Gasteiger partial charge < -0.3 is 43.8 Å². The number of hydrogen-bond acceptors (Lipinski definition) is 11. The number of carbonyl (C=O) groups excluding carboxylic acids is 2. The molecule has 1 amide bonds. The van der Waals surface area contributed by atoms with Crippen LogP contribution in [-0.2, 0) is 15.9 Å². The van der Waals surface area contributed by atoms with Gasteiger partial charge in [-0.05, 0) is 49.1 Å². The number of benzene rings is 2. The molecule has 5 rings (SSSR count). The summed E-state index contributed by atoms with van der Waals surface area (Å²) in [6.45, 7) is 4.01. The van der Waals surface area contributed by atoms with Crippen molar-refractivity contribution in [2.45, 2.75) is 43.9 Å². The van der Waals surface area contributed by atoms with Crippen LogP contribution < -0.4 is 21.0 Å². The van der Waals surface area contributed by atoms with Crippen LogP contribution in [-0.4, -0.2) is 74.1 Å². The Kier molecular flexibility index (Phi) is 10.1. The van der Waals surface area contributed by atoms with Crippen LogP contribution in [0.5, 0.6) is 0 Å². The van der Waals surface area contributed by atoms with Gasteiger partial charge in [-0.1, -0.05) is 12.1 Å². The van der Waals surface area contributed by atoms with Gasteiger partial charge in [-0.15, -0.1) is 0 Å². The van der Waals surface area contributed by atoms with Gasteiger partial charge in [0.1, 0.15) is 16.8 Å². The Labute approximate surface area is 254 Å². The number of carbonyl (C=O) groups is 2. The normalized spacial score (nSPS) is 16.1. The maximum atomic E-state index is 15.2. The molecule has 2 aromatic carbocycles. The van der Waals surface area contributed by atoms with E-state index in [4.69, 9.17) is 9.47 Å². The SMILES string of the molecule is CC(OC(=O)Nc1ccc(CC(P(O)O)P(O)O)cc1)OC(=O)c1cn(C2CC2)c2cc(N3CCNCC3)c(F)cc2c1=O. The zero-order valence-corrected chi connectivity index (χ0v) is 25.5. The van der Waals surface area contributed by atoms with E-state index in [1.54, 1.807) is 18.2 Å². The Morgan fingerprint density at radius 2 is 1.73 bits per heavy atom. The van der Waals surface area contributed by atoms with Crippen LogP contribution in [0.4, 0.5) is 20.6 Å². The Bertz CT molecular complexity index is 1570. The largest absolute Gasteiger partial charge is 0.422 e. The number of pyridine rings is 1. The first-order chi connectivity index (χ1) is 21.0. The van der Waals surface area contributed by atoms with E-state index in [-0.39, 0.29) is 23.4 Å². The van der Waals surface area contributed by atoms with Crippen molar-refractivity contribution >= 4 is 51.1 Å². The second kappa shape index (κ2) is 13.8. The molecular formula is C28H33FN4O9P2. The van der Waals surface area contributed by atoms with E-state index in [9.17, 15) is 34.0 Å². The Hall–Kier alpha value is -3.22. The summed E-state index contributed by atoms with van der Waals surface area (Å²) in [5.74, 6) is -1.57. The fourth-order valence-electron chi connectivity index (χ4n) is 5.03. The lowest BCUT2D eigenvalue weighted by Crippen LogP contribution is -2.43. The highest BCUT2D eigenvalue weighted by atomic mass is 31.2. The number of ether oxygens (including phenoxy) is 2. The van der Waals surface area contributed by atoms with Crippen molar-refractivity contribution in [3.63, 3.8) is 0 Å². The van der Waals surface area contributed by atoms with Crippen LogP contribution in [0.3, 0.4) is 0 Å². The summed E-state index contributed by atoms with van der Waals surface area (Å²) >= 11 is 0. The van der Waals surface area contributed by atoms with Gasteiger partial charge in [0.05, 0.1) is 11.2 Å². The number of piperazine rings is 1. The van der Waals surface area contributed by atoms with E-state index in [1.165, 1.54) is 31.3 Å². The van der Waals surface area contributed by atoms with Crippen LogP contribution in [0.1, 0.15) is 41.7 Å².